The van der Waals surface area contributed by atoms with Crippen molar-refractivity contribution in [2.24, 2.45) is 0 Å². The van der Waals surface area contributed by atoms with Crippen molar-refractivity contribution in [3.63, 3.8) is 0 Å². The van der Waals surface area contributed by atoms with Crippen LogP contribution in [0.5, 0.6) is 0 Å². The number of hydrogen-bond acceptors (Lipinski definition) is 6. The first kappa shape index (κ1) is 16.1. The molecule has 3 N–H and O–H groups in total. The average Bonchev–Trinajstić information content (AvgIpc) is 3.21. The highest BCUT2D eigenvalue weighted by atomic mass is 35.5. The second kappa shape index (κ2) is 6.49. The van der Waals surface area contributed by atoms with Gasteiger partial charge in [0.1, 0.15) is 6.54 Å². The predicted octanol–water partition coefficient (Wildman–Crippen LogP) is 2.96. The molecule has 130 valence electrons. The minimum absolute atomic E-state index is 0.0186. The Morgan fingerprint density at radius 1 is 1.15 bits per heavy atom. The number of anilines is 2. The maximum Gasteiger partial charge on any atom is 0.244 e. The number of aromatic nitrogens is 4. The fourth-order valence-electron chi connectivity index (χ4n) is 2.64. The van der Waals surface area contributed by atoms with Gasteiger partial charge in [0, 0.05) is 10.7 Å². The Balaban J connectivity index is 1.70. The Labute approximate surface area is 152 Å². The second-order valence-electron chi connectivity index (χ2n) is 5.56. The fourth-order valence-corrected chi connectivity index (χ4v) is 2.77. The van der Waals surface area contributed by atoms with Crippen LogP contribution in [0.15, 0.2) is 53.2 Å². The van der Waals surface area contributed by atoms with Crippen molar-refractivity contribution in [3.8, 4) is 11.5 Å². The molecule has 9 heteroatoms. The summed E-state index contributed by atoms with van der Waals surface area (Å²) in [5.41, 5.74) is 8.22. The molecular weight excluding hydrogens is 356 g/mol. The molecule has 0 aliphatic carbocycles. The first-order valence-corrected chi connectivity index (χ1v) is 8.09. The van der Waals surface area contributed by atoms with Crippen LogP contribution in [-0.4, -0.2) is 25.8 Å². The minimum atomic E-state index is -0.230. The van der Waals surface area contributed by atoms with Gasteiger partial charge in [-0.1, -0.05) is 23.7 Å². The smallest absolute Gasteiger partial charge is 0.244 e. The molecule has 2 aromatic carbocycles. The summed E-state index contributed by atoms with van der Waals surface area (Å²) in [5.74, 6) is 0.294. The number of imidazole rings is 1. The molecule has 8 nitrogen and oxygen atoms in total. The van der Waals surface area contributed by atoms with Gasteiger partial charge in [0.05, 0.1) is 11.0 Å². The molecule has 0 atom stereocenters. The predicted molar refractivity (Wildman–Crippen MR) is 97.5 cm³/mol. The number of nitrogens with two attached hydrogens (primary N) is 1. The van der Waals surface area contributed by atoms with Gasteiger partial charge in [-0.2, -0.15) is 0 Å². The summed E-state index contributed by atoms with van der Waals surface area (Å²) in [6, 6.07) is 14.3. The Hall–Kier alpha value is -3.39. The molecule has 0 radical (unpaired) electrons. The molecule has 0 saturated heterocycles. The molecule has 2 heterocycles. The van der Waals surface area contributed by atoms with Crippen molar-refractivity contribution in [2.45, 2.75) is 6.54 Å². The topological polar surface area (TPSA) is 112 Å². The number of benzene rings is 2. The first-order chi connectivity index (χ1) is 12.6. The van der Waals surface area contributed by atoms with Crippen LogP contribution in [0, 0.1) is 0 Å². The van der Waals surface area contributed by atoms with Crippen LogP contribution >= 0.6 is 11.6 Å². The largest absolute Gasteiger partial charge is 0.379 e. The van der Waals surface area contributed by atoms with Crippen LogP contribution < -0.4 is 11.1 Å². The molecule has 0 saturated carbocycles. The summed E-state index contributed by atoms with van der Waals surface area (Å²) in [6.45, 7) is 0.0186. The molecule has 4 rings (SSSR count). The van der Waals surface area contributed by atoms with Gasteiger partial charge < -0.3 is 15.6 Å². The van der Waals surface area contributed by atoms with Crippen molar-refractivity contribution in [1.29, 1.82) is 0 Å². The summed E-state index contributed by atoms with van der Waals surface area (Å²) in [6.07, 6.45) is 0. The van der Waals surface area contributed by atoms with Gasteiger partial charge in [-0.05, 0) is 46.7 Å². The van der Waals surface area contributed by atoms with Gasteiger partial charge in [-0.15, -0.1) is 0 Å². The van der Waals surface area contributed by atoms with Crippen LogP contribution in [0.1, 0.15) is 0 Å². The molecule has 2 aromatic heterocycles. The van der Waals surface area contributed by atoms with E-state index in [9.17, 15) is 4.79 Å². The molecule has 0 bridgehead atoms. The van der Waals surface area contributed by atoms with E-state index in [1.54, 1.807) is 28.8 Å². The van der Waals surface area contributed by atoms with Gasteiger partial charge in [-0.3, -0.25) is 4.79 Å². The van der Waals surface area contributed by atoms with E-state index in [0.29, 0.717) is 27.7 Å². The number of fused-ring (bicyclic) bond motifs is 1. The van der Waals surface area contributed by atoms with Crippen molar-refractivity contribution in [2.75, 3.05) is 11.1 Å². The van der Waals surface area contributed by atoms with E-state index in [1.807, 2.05) is 24.3 Å². The lowest BCUT2D eigenvalue weighted by Crippen LogP contribution is -2.19. The highest BCUT2D eigenvalue weighted by molar-refractivity contribution is 6.30. The van der Waals surface area contributed by atoms with Gasteiger partial charge >= 0.3 is 0 Å². The number of amides is 1. The summed E-state index contributed by atoms with van der Waals surface area (Å²) in [4.78, 5) is 17.0. The molecule has 0 aliphatic rings. The molecule has 0 unspecified atom stereocenters. The van der Waals surface area contributed by atoms with Gasteiger partial charge in [0.25, 0.3) is 0 Å². The lowest BCUT2D eigenvalue weighted by atomic mass is 10.3. The van der Waals surface area contributed by atoms with Crippen molar-refractivity contribution < 1.29 is 9.42 Å². The number of halogens is 1. The van der Waals surface area contributed by atoms with E-state index >= 15 is 0 Å². The lowest BCUT2D eigenvalue weighted by Gasteiger charge is -2.09. The van der Waals surface area contributed by atoms with E-state index in [0.717, 1.165) is 5.52 Å². The monoisotopic (exact) mass is 368 g/mol. The van der Waals surface area contributed by atoms with E-state index < -0.39 is 0 Å². The normalized spacial score (nSPS) is 11.0. The Kier molecular flexibility index (Phi) is 4.02. The number of nitrogens with one attached hydrogen (secondary N) is 1. The van der Waals surface area contributed by atoms with E-state index in [2.05, 4.69) is 25.2 Å². The number of nitrogen functional groups attached to an aromatic ring is 1. The number of hydrogen-bond donors (Lipinski definition) is 2. The standard InChI is InChI=1S/C17H13ClN6O2/c18-10-5-7-11(8-6-10)20-14(25)9-24-13-4-2-1-3-12(13)21-17(24)15-16(19)23-26-22-15/h1-8H,9H2,(H2,19,23)(H,20,25). The second-order valence-corrected chi connectivity index (χ2v) is 6.00. The fraction of sp³-hybridized carbons (Fsp3) is 0.0588. The van der Waals surface area contributed by atoms with E-state index in [1.165, 1.54) is 0 Å². The first-order valence-electron chi connectivity index (χ1n) is 7.71. The van der Waals surface area contributed by atoms with Crippen molar-refractivity contribution in [3.05, 3.63) is 53.6 Å². The van der Waals surface area contributed by atoms with Crippen molar-refractivity contribution >= 4 is 40.0 Å². The highest BCUT2D eigenvalue weighted by Gasteiger charge is 2.20. The van der Waals surface area contributed by atoms with Gasteiger partial charge in [0.15, 0.2) is 17.3 Å². The van der Waals surface area contributed by atoms with Gasteiger partial charge in [0.2, 0.25) is 5.91 Å². The van der Waals surface area contributed by atoms with Crippen LogP contribution in [-0.2, 0) is 11.3 Å². The average molecular weight is 369 g/mol. The third kappa shape index (κ3) is 2.98. The van der Waals surface area contributed by atoms with Crippen LogP contribution in [0.4, 0.5) is 11.5 Å². The molecule has 26 heavy (non-hydrogen) atoms. The molecule has 0 aliphatic heterocycles. The van der Waals surface area contributed by atoms with E-state index in [4.69, 9.17) is 17.3 Å². The third-order valence-corrected chi connectivity index (χ3v) is 4.06. The van der Waals surface area contributed by atoms with Crippen molar-refractivity contribution in [1.82, 2.24) is 19.9 Å². The minimum Gasteiger partial charge on any atom is -0.379 e. The number of rotatable bonds is 4. The molecule has 4 aromatic rings. The molecule has 0 spiro atoms. The number of carbonyl (C=O) groups is 1. The van der Waals surface area contributed by atoms with Crippen LogP contribution in [0.2, 0.25) is 5.02 Å². The molecule has 1 amide bonds. The zero-order chi connectivity index (χ0) is 18.1. The van der Waals surface area contributed by atoms with Crippen LogP contribution in [0.3, 0.4) is 0 Å². The summed E-state index contributed by atoms with van der Waals surface area (Å²) < 4.78 is 6.39. The number of carbonyl (C=O) groups excluding carboxylic acids is 1. The van der Waals surface area contributed by atoms with E-state index in [-0.39, 0.29) is 18.3 Å². The number of nitrogens with zero attached hydrogens (tertiary/aromatic N) is 4. The Morgan fingerprint density at radius 3 is 2.65 bits per heavy atom. The zero-order valence-corrected chi connectivity index (χ0v) is 14.1. The molecule has 0 fully saturated rings. The third-order valence-electron chi connectivity index (χ3n) is 3.81. The van der Waals surface area contributed by atoms with Gasteiger partial charge in [-0.25, -0.2) is 9.61 Å². The summed E-state index contributed by atoms with van der Waals surface area (Å²) in [7, 11) is 0. The Bertz CT molecular complexity index is 1090. The quantitative estimate of drug-likeness (QED) is 0.572. The lowest BCUT2D eigenvalue weighted by molar-refractivity contribution is -0.116. The zero-order valence-electron chi connectivity index (χ0n) is 13.4. The van der Waals surface area contributed by atoms with Crippen LogP contribution in [0.25, 0.3) is 22.6 Å². The highest BCUT2D eigenvalue weighted by Crippen LogP contribution is 2.26. The summed E-state index contributed by atoms with van der Waals surface area (Å²) >= 11 is 5.86. The summed E-state index contributed by atoms with van der Waals surface area (Å²) in [5, 5.41) is 10.8. The number of para-hydroxylation sites is 2. The SMILES string of the molecule is Nc1nonc1-c1nc2ccccc2n1CC(=O)Nc1ccc(Cl)cc1. The maximum atomic E-state index is 12.5. The maximum absolute atomic E-state index is 12.5. The Morgan fingerprint density at radius 2 is 1.92 bits per heavy atom. The molecular formula is C17H13ClN6O2.